The lowest BCUT2D eigenvalue weighted by atomic mass is 9.92. The second kappa shape index (κ2) is 6.30. The summed E-state index contributed by atoms with van der Waals surface area (Å²) >= 11 is 0. The van der Waals surface area contributed by atoms with E-state index in [0.29, 0.717) is 24.4 Å². The highest BCUT2D eigenvalue weighted by Crippen LogP contribution is 2.40. The molecule has 138 valence electrons. The van der Waals surface area contributed by atoms with Crippen LogP contribution >= 0.6 is 0 Å². The molecule has 1 saturated heterocycles. The number of piperidine rings is 1. The van der Waals surface area contributed by atoms with Gasteiger partial charge in [0.05, 0.1) is 30.3 Å². The summed E-state index contributed by atoms with van der Waals surface area (Å²) in [5.74, 6) is 1.00. The maximum absolute atomic E-state index is 12.8. The molecule has 3 heterocycles. The number of rotatable bonds is 4. The Hall–Kier alpha value is -2.57. The molecule has 1 aliphatic carbocycles. The molecule has 2 amide bonds. The molecule has 2 fully saturated rings. The zero-order valence-electron chi connectivity index (χ0n) is 15.4. The van der Waals surface area contributed by atoms with Crippen LogP contribution in [0.5, 0.6) is 0 Å². The van der Waals surface area contributed by atoms with Gasteiger partial charge >= 0.3 is 0 Å². The molecular weight excluding hydrogens is 332 g/mol. The Labute approximate surface area is 152 Å². The van der Waals surface area contributed by atoms with Crippen molar-refractivity contribution < 1.29 is 14.0 Å². The van der Waals surface area contributed by atoms with Gasteiger partial charge in [-0.15, -0.1) is 0 Å². The first-order chi connectivity index (χ1) is 12.5. The van der Waals surface area contributed by atoms with Gasteiger partial charge in [0.25, 0.3) is 5.91 Å². The van der Waals surface area contributed by atoms with Crippen molar-refractivity contribution in [2.24, 2.45) is 7.05 Å². The van der Waals surface area contributed by atoms with Crippen LogP contribution in [-0.4, -0.2) is 38.3 Å². The van der Waals surface area contributed by atoms with E-state index in [4.69, 9.17) is 4.42 Å². The summed E-state index contributed by atoms with van der Waals surface area (Å²) < 4.78 is 7.50. The minimum Gasteiger partial charge on any atom is -0.456 e. The number of hydrogen-bond donors (Lipinski definition) is 1. The van der Waals surface area contributed by atoms with Crippen LogP contribution < -0.4 is 5.32 Å². The average molecular weight is 356 g/mol. The number of aromatic nitrogens is 2. The number of imidazole rings is 1. The molecule has 2 aromatic heterocycles. The number of nitrogens with zero attached hydrogens (tertiary/aromatic N) is 3. The third kappa shape index (κ3) is 2.91. The van der Waals surface area contributed by atoms with Crippen molar-refractivity contribution in [3.63, 3.8) is 0 Å². The molecule has 0 aromatic carbocycles. The van der Waals surface area contributed by atoms with Crippen molar-refractivity contribution in [3.8, 4) is 0 Å². The molecule has 0 radical (unpaired) electrons. The average Bonchev–Trinajstić information content (AvgIpc) is 3.25. The minimum absolute atomic E-state index is 0.161. The Morgan fingerprint density at radius 2 is 2.08 bits per heavy atom. The minimum atomic E-state index is -0.224. The van der Waals surface area contributed by atoms with Crippen molar-refractivity contribution in [1.29, 1.82) is 0 Å². The van der Waals surface area contributed by atoms with E-state index >= 15 is 0 Å². The van der Waals surface area contributed by atoms with Crippen LogP contribution in [-0.2, 0) is 11.8 Å². The molecule has 7 heteroatoms. The van der Waals surface area contributed by atoms with Gasteiger partial charge in [-0.05, 0) is 39.2 Å². The van der Waals surface area contributed by atoms with Gasteiger partial charge in [-0.25, -0.2) is 4.98 Å². The second-order valence-corrected chi connectivity index (χ2v) is 7.39. The molecule has 2 aliphatic rings. The number of furan rings is 1. The molecule has 2 aromatic rings. The van der Waals surface area contributed by atoms with Gasteiger partial charge in [0.1, 0.15) is 5.76 Å². The van der Waals surface area contributed by atoms with Crippen molar-refractivity contribution >= 4 is 11.8 Å². The summed E-state index contributed by atoms with van der Waals surface area (Å²) in [5, 5.41) is 3.12. The van der Waals surface area contributed by atoms with Crippen LogP contribution in [0.2, 0.25) is 0 Å². The Morgan fingerprint density at radius 3 is 2.65 bits per heavy atom. The molecule has 26 heavy (non-hydrogen) atoms. The lowest BCUT2D eigenvalue weighted by molar-refractivity contribution is -0.138. The zero-order chi connectivity index (χ0) is 18.4. The fraction of sp³-hybridized carbons (Fsp3) is 0.526. The highest BCUT2D eigenvalue weighted by atomic mass is 16.3. The summed E-state index contributed by atoms with van der Waals surface area (Å²) in [7, 11) is 1.92. The van der Waals surface area contributed by atoms with E-state index in [1.165, 1.54) is 0 Å². The number of aryl methyl sites for hydroxylation is 3. The van der Waals surface area contributed by atoms with Gasteiger partial charge in [-0.3, -0.25) is 9.59 Å². The first kappa shape index (κ1) is 16.9. The van der Waals surface area contributed by atoms with Crippen molar-refractivity contribution in [1.82, 2.24) is 19.8 Å². The van der Waals surface area contributed by atoms with Crippen LogP contribution in [0.3, 0.4) is 0 Å². The van der Waals surface area contributed by atoms with Crippen LogP contribution in [0.1, 0.15) is 59.3 Å². The summed E-state index contributed by atoms with van der Waals surface area (Å²) in [4.78, 5) is 31.6. The maximum Gasteiger partial charge on any atom is 0.287 e. The smallest absolute Gasteiger partial charge is 0.287 e. The largest absolute Gasteiger partial charge is 0.456 e. The number of likely N-dealkylation sites (tertiary alicyclic amines) is 1. The van der Waals surface area contributed by atoms with Gasteiger partial charge in [0, 0.05) is 25.1 Å². The number of amides is 2. The van der Waals surface area contributed by atoms with Gasteiger partial charge in [-0.1, -0.05) is 0 Å². The molecule has 2 atom stereocenters. The molecule has 0 spiro atoms. The fourth-order valence-corrected chi connectivity index (χ4v) is 3.95. The lowest BCUT2D eigenvalue weighted by Gasteiger charge is -2.41. The lowest BCUT2D eigenvalue weighted by Crippen LogP contribution is -2.53. The van der Waals surface area contributed by atoms with Crippen LogP contribution in [0.4, 0.5) is 0 Å². The van der Waals surface area contributed by atoms with Gasteiger partial charge in [-0.2, -0.15) is 0 Å². The standard InChI is InChI=1S/C19H24N4O3/c1-11-8-12(2)26-18(11)19(25)21-14-6-7-16(24)23(13-4-5-13)17(14)15-9-20-10-22(15)3/h8-10,13-14,17H,4-7H2,1-3H3,(H,21,25)/t14-,17-/m1/s1. The number of nitrogens with one attached hydrogen (secondary N) is 1. The van der Waals surface area contributed by atoms with Crippen molar-refractivity contribution in [2.45, 2.75) is 57.7 Å². The van der Waals surface area contributed by atoms with E-state index < -0.39 is 0 Å². The van der Waals surface area contributed by atoms with Crippen LogP contribution in [0.15, 0.2) is 23.0 Å². The van der Waals surface area contributed by atoms with E-state index in [2.05, 4.69) is 10.3 Å². The topological polar surface area (TPSA) is 80.4 Å². The molecule has 1 saturated carbocycles. The normalized spacial score (nSPS) is 23.3. The first-order valence-electron chi connectivity index (χ1n) is 9.11. The van der Waals surface area contributed by atoms with E-state index in [1.54, 1.807) is 12.5 Å². The molecule has 1 N–H and O–H groups in total. The molecule has 4 rings (SSSR count). The first-order valence-corrected chi connectivity index (χ1v) is 9.11. The summed E-state index contributed by atoms with van der Waals surface area (Å²) in [6, 6.07) is 1.77. The number of carbonyl (C=O) groups is 2. The van der Waals surface area contributed by atoms with E-state index in [9.17, 15) is 9.59 Å². The van der Waals surface area contributed by atoms with Crippen molar-refractivity contribution in [2.75, 3.05) is 0 Å². The molecule has 0 bridgehead atoms. The summed E-state index contributed by atoms with van der Waals surface area (Å²) in [6.45, 7) is 3.70. The number of hydrogen-bond acceptors (Lipinski definition) is 4. The Balaban J connectivity index is 1.64. The van der Waals surface area contributed by atoms with Gasteiger partial charge in [0.15, 0.2) is 5.76 Å². The monoisotopic (exact) mass is 356 g/mol. The third-order valence-electron chi connectivity index (χ3n) is 5.30. The van der Waals surface area contributed by atoms with E-state index in [-0.39, 0.29) is 29.9 Å². The summed E-state index contributed by atoms with van der Waals surface area (Å²) in [6.07, 6.45) is 6.64. The van der Waals surface area contributed by atoms with E-state index in [1.807, 2.05) is 36.4 Å². The molecule has 0 unspecified atom stereocenters. The predicted octanol–water partition coefficient (Wildman–Crippen LogP) is 2.25. The molecule has 7 nitrogen and oxygen atoms in total. The fourth-order valence-electron chi connectivity index (χ4n) is 3.95. The molecule has 1 aliphatic heterocycles. The van der Waals surface area contributed by atoms with Crippen LogP contribution in [0.25, 0.3) is 0 Å². The summed E-state index contributed by atoms with van der Waals surface area (Å²) in [5.41, 5.74) is 1.77. The second-order valence-electron chi connectivity index (χ2n) is 7.39. The zero-order valence-corrected chi connectivity index (χ0v) is 15.4. The van der Waals surface area contributed by atoms with Gasteiger partial charge < -0.3 is 19.2 Å². The van der Waals surface area contributed by atoms with Gasteiger partial charge in [0.2, 0.25) is 5.91 Å². The Kier molecular flexibility index (Phi) is 4.09. The Morgan fingerprint density at radius 1 is 1.31 bits per heavy atom. The predicted molar refractivity (Wildman–Crippen MR) is 94.5 cm³/mol. The van der Waals surface area contributed by atoms with E-state index in [0.717, 1.165) is 24.1 Å². The van der Waals surface area contributed by atoms with Crippen molar-refractivity contribution in [3.05, 3.63) is 41.4 Å². The van der Waals surface area contributed by atoms with Crippen LogP contribution in [0, 0.1) is 13.8 Å². The third-order valence-corrected chi connectivity index (χ3v) is 5.30. The maximum atomic E-state index is 12.8. The molecular formula is C19H24N4O3. The SMILES string of the molecule is Cc1cc(C)c(C(=O)N[C@@H]2CCC(=O)N(C3CC3)[C@H]2c2cncn2C)o1. The number of carbonyl (C=O) groups excluding carboxylic acids is 2. The highest BCUT2D eigenvalue weighted by molar-refractivity contribution is 5.93. The Bertz CT molecular complexity index is 849. The highest BCUT2D eigenvalue weighted by Gasteiger charge is 2.45. The quantitative estimate of drug-likeness (QED) is 0.911.